The van der Waals surface area contributed by atoms with E-state index in [1.807, 2.05) is 42.5 Å². The van der Waals surface area contributed by atoms with Gasteiger partial charge in [-0.3, -0.25) is 4.84 Å². The van der Waals surface area contributed by atoms with Crippen LogP contribution in [0.2, 0.25) is 10.0 Å². The Morgan fingerprint density at radius 1 is 1.10 bits per heavy atom. The van der Waals surface area contributed by atoms with Crippen LogP contribution in [0.25, 0.3) is 0 Å². The topological polar surface area (TPSA) is 36.3 Å². The molecule has 3 rings (SSSR count). The molecule has 0 unspecified atom stereocenters. The lowest BCUT2D eigenvalue weighted by atomic mass is 10.0. The fraction of sp³-hybridized carbons (Fsp3) is 0.188. The quantitative estimate of drug-likeness (QED) is 0.800. The Bertz CT molecular complexity index is 684. The van der Waals surface area contributed by atoms with Gasteiger partial charge in [-0.2, -0.15) is 5.26 Å². The average Bonchev–Trinajstić information content (AvgIpc) is 2.95. The third-order valence-corrected chi connectivity index (χ3v) is 4.18. The highest BCUT2D eigenvalue weighted by atomic mass is 35.5. The minimum absolute atomic E-state index is 0.0631. The van der Waals surface area contributed by atoms with Crippen LogP contribution in [-0.4, -0.2) is 6.10 Å². The summed E-state index contributed by atoms with van der Waals surface area (Å²) in [4.78, 5) is 5.73. The molecule has 0 radical (unpaired) electrons. The molecule has 2 atom stereocenters. The van der Waals surface area contributed by atoms with Gasteiger partial charge in [-0.15, -0.1) is 0 Å². The van der Waals surface area contributed by atoms with Crippen LogP contribution in [0.15, 0.2) is 48.5 Å². The van der Waals surface area contributed by atoms with Crippen molar-refractivity contribution < 1.29 is 4.84 Å². The van der Waals surface area contributed by atoms with Gasteiger partial charge in [0.15, 0.2) is 6.10 Å². The first kappa shape index (κ1) is 14.2. The number of hydrogen-bond donors (Lipinski definition) is 0. The normalized spacial score (nSPS) is 21.3. The third-order valence-electron chi connectivity index (χ3n) is 3.44. The molecule has 2 aromatic rings. The summed E-state index contributed by atoms with van der Waals surface area (Å²) in [6, 6.07) is 17.3. The van der Waals surface area contributed by atoms with Crippen molar-refractivity contribution in [2.24, 2.45) is 0 Å². The van der Waals surface area contributed by atoms with Gasteiger partial charge in [0.2, 0.25) is 0 Å². The molecule has 21 heavy (non-hydrogen) atoms. The second-order valence-corrected chi connectivity index (χ2v) is 5.62. The first-order valence-electron chi connectivity index (χ1n) is 6.54. The van der Waals surface area contributed by atoms with Crippen molar-refractivity contribution in [3.05, 3.63) is 64.1 Å². The average molecular weight is 319 g/mol. The van der Waals surface area contributed by atoms with E-state index in [0.29, 0.717) is 16.5 Å². The summed E-state index contributed by atoms with van der Waals surface area (Å²) in [7, 11) is 0. The molecule has 0 aliphatic carbocycles. The molecule has 0 saturated carbocycles. The molecule has 2 aromatic carbocycles. The third kappa shape index (κ3) is 2.84. The smallest absolute Gasteiger partial charge is 0.174 e. The van der Waals surface area contributed by atoms with Crippen LogP contribution < -0.4 is 5.06 Å². The van der Waals surface area contributed by atoms with E-state index < -0.39 is 6.10 Å². The van der Waals surface area contributed by atoms with Crippen LogP contribution in [0.4, 0.5) is 5.69 Å². The zero-order valence-electron chi connectivity index (χ0n) is 11.0. The Balaban J connectivity index is 1.98. The molecule has 1 saturated heterocycles. The van der Waals surface area contributed by atoms with E-state index in [1.165, 1.54) is 0 Å². The highest BCUT2D eigenvalue weighted by molar-refractivity contribution is 6.42. The molecular formula is C16H12Cl2N2O. The molecule has 0 N–H and O–H groups in total. The monoisotopic (exact) mass is 318 g/mol. The molecular weight excluding hydrogens is 307 g/mol. The minimum atomic E-state index is -0.468. The van der Waals surface area contributed by atoms with Gasteiger partial charge in [-0.25, -0.2) is 5.06 Å². The standard InChI is InChI=1S/C16H12Cl2N2O/c17-14-7-6-11(8-15(14)18)16-9-13(10-19)21-20(16)12-4-2-1-3-5-12/h1-8,13,16H,9H2/t13-,16+/m0/s1. The van der Waals surface area contributed by atoms with E-state index in [9.17, 15) is 0 Å². The predicted octanol–water partition coefficient (Wildman–Crippen LogP) is 4.77. The van der Waals surface area contributed by atoms with Crippen molar-refractivity contribution in [2.75, 3.05) is 5.06 Å². The summed E-state index contributed by atoms with van der Waals surface area (Å²) in [5.41, 5.74) is 1.89. The number of halogens is 2. The maximum Gasteiger partial charge on any atom is 0.174 e. The second kappa shape index (κ2) is 5.95. The van der Waals surface area contributed by atoms with Gasteiger partial charge in [-0.05, 0) is 29.8 Å². The number of benzene rings is 2. The van der Waals surface area contributed by atoms with Gasteiger partial charge in [0.1, 0.15) is 0 Å². The number of hydroxylamine groups is 1. The summed E-state index contributed by atoms with van der Waals surface area (Å²) in [5, 5.41) is 11.9. The minimum Gasteiger partial charge on any atom is -0.254 e. The molecule has 1 fully saturated rings. The number of hydrogen-bond acceptors (Lipinski definition) is 3. The van der Waals surface area contributed by atoms with Crippen molar-refractivity contribution in [3.63, 3.8) is 0 Å². The van der Waals surface area contributed by atoms with Crippen LogP contribution in [-0.2, 0) is 4.84 Å². The van der Waals surface area contributed by atoms with E-state index in [2.05, 4.69) is 6.07 Å². The van der Waals surface area contributed by atoms with Crippen LogP contribution in [0.5, 0.6) is 0 Å². The van der Waals surface area contributed by atoms with Crippen molar-refractivity contribution >= 4 is 28.9 Å². The number of rotatable bonds is 2. The van der Waals surface area contributed by atoms with Crippen molar-refractivity contribution in [1.29, 1.82) is 5.26 Å². The van der Waals surface area contributed by atoms with E-state index in [-0.39, 0.29) is 6.04 Å². The van der Waals surface area contributed by atoms with Gasteiger partial charge in [0.05, 0.1) is 27.8 Å². The second-order valence-electron chi connectivity index (χ2n) is 4.81. The number of nitrogens with zero attached hydrogens (tertiary/aromatic N) is 2. The lowest BCUT2D eigenvalue weighted by Crippen LogP contribution is -2.21. The molecule has 0 spiro atoms. The summed E-state index contributed by atoms with van der Waals surface area (Å²) < 4.78 is 0. The summed E-state index contributed by atoms with van der Waals surface area (Å²) >= 11 is 12.1. The molecule has 3 nitrogen and oxygen atoms in total. The van der Waals surface area contributed by atoms with Crippen LogP contribution in [0.3, 0.4) is 0 Å². The summed E-state index contributed by atoms with van der Waals surface area (Å²) in [6.45, 7) is 0. The Morgan fingerprint density at radius 2 is 1.86 bits per heavy atom. The Hall–Kier alpha value is -1.73. The molecule has 0 aromatic heterocycles. The number of para-hydroxylation sites is 1. The molecule has 0 bridgehead atoms. The highest BCUT2D eigenvalue weighted by Gasteiger charge is 2.35. The lowest BCUT2D eigenvalue weighted by Gasteiger charge is -2.24. The lowest BCUT2D eigenvalue weighted by molar-refractivity contribution is 0.118. The molecule has 0 amide bonds. The molecule has 1 aliphatic rings. The fourth-order valence-electron chi connectivity index (χ4n) is 2.44. The van der Waals surface area contributed by atoms with E-state index in [4.69, 9.17) is 33.3 Å². The zero-order valence-corrected chi connectivity index (χ0v) is 12.6. The van der Waals surface area contributed by atoms with Gasteiger partial charge >= 0.3 is 0 Å². The van der Waals surface area contributed by atoms with Crippen LogP contribution >= 0.6 is 23.2 Å². The maximum absolute atomic E-state index is 9.15. The summed E-state index contributed by atoms with van der Waals surface area (Å²) in [6.07, 6.45) is 0.119. The Morgan fingerprint density at radius 3 is 2.52 bits per heavy atom. The zero-order chi connectivity index (χ0) is 14.8. The molecule has 5 heteroatoms. The first-order chi connectivity index (χ1) is 10.2. The summed E-state index contributed by atoms with van der Waals surface area (Å²) in [5.74, 6) is 0. The fourth-order valence-corrected chi connectivity index (χ4v) is 2.74. The first-order valence-corrected chi connectivity index (χ1v) is 7.30. The van der Waals surface area contributed by atoms with Crippen LogP contribution in [0.1, 0.15) is 18.0 Å². The van der Waals surface area contributed by atoms with E-state index in [1.54, 1.807) is 11.1 Å². The van der Waals surface area contributed by atoms with E-state index in [0.717, 1.165) is 11.3 Å². The molecule has 1 heterocycles. The predicted molar refractivity (Wildman–Crippen MR) is 83.2 cm³/mol. The van der Waals surface area contributed by atoms with Crippen molar-refractivity contribution in [3.8, 4) is 6.07 Å². The van der Waals surface area contributed by atoms with Gasteiger partial charge in [0, 0.05) is 6.42 Å². The number of nitriles is 1. The molecule has 1 aliphatic heterocycles. The number of anilines is 1. The maximum atomic E-state index is 9.15. The van der Waals surface area contributed by atoms with Gasteiger partial charge < -0.3 is 0 Å². The van der Waals surface area contributed by atoms with E-state index >= 15 is 0 Å². The van der Waals surface area contributed by atoms with Crippen LogP contribution in [0, 0.1) is 11.3 Å². The van der Waals surface area contributed by atoms with Gasteiger partial charge in [-0.1, -0.05) is 47.5 Å². The molecule has 106 valence electrons. The Labute approximate surface area is 133 Å². The van der Waals surface area contributed by atoms with Crippen molar-refractivity contribution in [2.45, 2.75) is 18.6 Å². The largest absolute Gasteiger partial charge is 0.254 e. The highest BCUT2D eigenvalue weighted by Crippen LogP contribution is 2.39. The van der Waals surface area contributed by atoms with Gasteiger partial charge in [0.25, 0.3) is 0 Å². The SMILES string of the molecule is N#C[C@@H]1C[C@H](c2ccc(Cl)c(Cl)c2)N(c2ccccc2)O1. The Kier molecular flexibility index (Phi) is 4.03. The van der Waals surface area contributed by atoms with Crippen molar-refractivity contribution in [1.82, 2.24) is 0 Å².